The zero-order valence-corrected chi connectivity index (χ0v) is 19.2. The van der Waals surface area contributed by atoms with Crippen LogP contribution in [0.15, 0.2) is 94.5 Å². The molecule has 4 rings (SSSR count). The number of anilines is 1. The van der Waals surface area contributed by atoms with Gasteiger partial charge in [0.05, 0.1) is 11.8 Å². The van der Waals surface area contributed by atoms with E-state index in [1.165, 1.54) is 0 Å². The fraction of sp³-hybridized carbons (Fsp3) is 0.154. The summed E-state index contributed by atoms with van der Waals surface area (Å²) in [4.78, 5) is 15.2. The maximum absolute atomic E-state index is 13.1. The van der Waals surface area contributed by atoms with Crippen LogP contribution in [0.1, 0.15) is 29.2 Å². The lowest BCUT2D eigenvalue weighted by atomic mass is 9.98. The van der Waals surface area contributed by atoms with Gasteiger partial charge in [-0.1, -0.05) is 70.5 Å². The minimum Gasteiger partial charge on any atom is -0.378 e. The van der Waals surface area contributed by atoms with Crippen molar-refractivity contribution < 1.29 is 4.79 Å². The number of benzene rings is 3. The Morgan fingerprint density at radius 3 is 2.45 bits per heavy atom. The van der Waals surface area contributed by atoms with E-state index in [0.717, 1.165) is 32.6 Å². The molecule has 4 nitrogen and oxygen atoms in total. The highest BCUT2D eigenvalue weighted by molar-refractivity contribution is 9.10. The highest BCUT2D eigenvalue weighted by Gasteiger charge is 2.32. The van der Waals surface area contributed by atoms with Crippen molar-refractivity contribution in [2.75, 3.05) is 19.0 Å². The molecule has 1 heterocycles. The van der Waals surface area contributed by atoms with Gasteiger partial charge in [-0.25, -0.2) is 5.01 Å². The van der Waals surface area contributed by atoms with E-state index >= 15 is 0 Å². The van der Waals surface area contributed by atoms with Crippen molar-refractivity contribution in [3.63, 3.8) is 0 Å². The third-order valence-corrected chi connectivity index (χ3v) is 5.80. The minimum absolute atomic E-state index is 0.131. The standard InChI is InChI=1S/C26H24BrN3O/c1-29(2)23-14-12-20(13-15-23)24-18-25(21-9-6-10-22(27)17-21)30(28-24)26(31)16-11-19-7-4-3-5-8-19/h3-17,25H,18H2,1-2H3/b16-11+. The summed E-state index contributed by atoms with van der Waals surface area (Å²) in [7, 11) is 4.04. The van der Waals surface area contributed by atoms with E-state index < -0.39 is 0 Å². The molecule has 0 N–H and O–H groups in total. The smallest absolute Gasteiger partial charge is 0.267 e. The Kier molecular flexibility index (Phi) is 6.33. The molecule has 0 saturated carbocycles. The maximum atomic E-state index is 13.1. The van der Waals surface area contributed by atoms with Gasteiger partial charge in [0.1, 0.15) is 0 Å². The van der Waals surface area contributed by atoms with Crippen LogP contribution in [0.4, 0.5) is 5.69 Å². The Bertz CT molecular complexity index is 1120. The van der Waals surface area contributed by atoms with Gasteiger partial charge in [0, 0.05) is 36.8 Å². The molecular formula is C26H24BrN3O. The molecule has 0 radical (unpaired) electrons. The van der Waals surface area contributed by atoms with Crippen LogP contribution in [0, 0.1) is 0 Å². The summed E-state index contributed by atoms with van der Waals surface area (Å²) in [5.41, 5.74) is 5.12. The molecule has 1 atom stereocenters. The molecule has 0 aromatic heterocycles. The van der Waals surface area contributed by atoms with Crippen molar-refractivity contribution in [3.8, 4) is 0 Å². The lowest BCUT2D eigenvalue weighted by molar-refractivity contribution is -0.127. The summed E-state index contributed by atoms with van der Waals surface area (Å²) in [5, 5.41) is 6.36. The van der Waals surface area contributed by atoms with Crippen LogP contribution in [0.3, 0.4) is 0 Å². The van der Waals surface area contributed by atoms with Crippen LogP contribution >= 0.6 is 15.9 Å². The van der Waals surface area contributed by atoms with Crippen molar-refractivity contribution in [2.24, 2.45) is 5.10 Å². The highest BCUT2D eigenvalue weighted by atomic mass is 79.9. The van der Waals surface area contributed by atoms with Gasteiger partial charge < -0.3 is 4.90 Å². The fourth-order valence-electron chi connectivity index (χ4n) is 3.62. The molecule has 0 saturated heterocycles. The third kappa shape index (κ3) is 4.94. The molecule has 156 valence electrons. The van der Waals surface area contributed by atoms with E-state index in [-0.39, 0.29) is 11.9 Å². The van der Waals surface area contributed by atoms with Gasteiger partial charge in [0.2, 0.25) is 0 Å². The number of carbonyl (C=O) groups is 1. The van der Waals surface area contributed by atoms with E-state index in [0.29, 0.717) is 6.42 Å². The van der Waals surface area contributed by atoms with E-state index in [1.807, 2.05) is 68.7 Å². The van der Waals surface area contributed by atoms with Crippen LogP contribution < -0.4 is 4.90 Å². The van der Waals surface area contributed by atoms with Crippen molar-refractivity contribution in [1.82, 2.24) is 5.01 Å². The number of amides is 1. The number of carbonyl (C=O) groups excluding carboxylic acids is 1. The molecule has 0 spiro atoms. The Balaban J connectivity index is 1.65. The SMILES string of the molecule is CN(C)c1ccc(C2=NN(C(=O)/C=C/c3ccccc3)C(c3cccc(Br)c3)C2)cc1. The first-order chi connectivity index (χ1) is 15.0. The molecule has 0 aliphatic carbocycles. The topological polar surface area (TPSA) is 35.9 Å². The third-order valence-electron chi connectivity index (χ3n) is 5.30. The molecule has 1 aliphatic rings. The predicted molar refractivity (Wildman–Crippen MR) is 131 cm³/mol. The molecule has 1 amide bonds. The van der Waals surface area contributed by atoms with Gasteiger partial charge in [-0.3, -0.25) is 4.79 Å². The number of halogens is 1. The van der Waals surface area contributed by atoms with Crippen LogP contribution in [0.5, 0.6) is 0 Å². The predicted octanol–water partition coefficient (Wildman–Crippen LogP) is 5.91. The summed E-state index contributed by atoms with van der Waals surface area (Å²) in [6.07, 6.45) is 4.10. The summed E-state index contributed by atoms with van der Waals surface area (Å²) in [5.74, 6) is -0.131. The average Bonchev–Trinajstić information content (AvgIpc) is 3.24. The lowest BCUT2D eigenvalue weighted by Gasteiger charge is -2.21. The van der Waals surface area contributed by atoms with Crippen LogP contribution in [-0.2, 0) is 4.79 Å². The van der Waals surface area contributed by atoms with Crippen molar-refractivity contribution >= 4 is 39.3 Å². The first-order valence-corrected chi connectivity index (χ1v) is 11.0. The molecule has 1 unspecified atom stereocenters. The van der Waals surface area contributed by atoms with Gasteiger partial charge in [-0.05, 0) is 47.0 Å². The molecule has 31 heavy (non-hydrogen) atoms. The second kappa shape index (κ2) is 9.31. The molecule has 5 heteroatoms. The van der Waals surface area contributed by atoms with E-state index in [2.05, 4.69) is 51.2 Å². The average molecular weight is 474 g/mol. The van der Waals surface area contributed by atoms with Crippen LogP contribution in [0.2, 0.25) is 0 Å². The Hall–Kier alpha value is -3.18. The number of hydrazone groups is 1. The van der Waals surface area contributed by atoms with E-state index in [4.69, 9.17) is 5.10 Å². The largest absolute Gasteiger partial charge is 0.378 e. The first kappa shape index (κ1) is 21.1. The number of hydrogen-bond acceptors (Lipinski definition) is 3. The molecule has 3 aromatic rings. The Morgan fingerprint density at radius 1 is 1.03 bits per heavy atom. The van der Waals surface area contributed by atoms with Gasteiger partial charge in [-0.15, -0.1) is 0 Å². The van der Waals surface area contributed by atoms with Gasteiger partial charge in [-0.2, -0.15) is 5.10 Å². The molecule has 0 bridgehead atoms. The van der Waals surface area contributed by atoms with E-state index in [9.17, 15) is 4.79 Å². The monoisotopic (exact) mass is 473 g/mol. The number of rotatable bonds is 5. The maximum Gasteiger partial charge on any atom is 0.267 e. The second-order valence-corrected chi connectivity index (χ2v) is 8.61. The van der Waals surface area contributed by atoms with Crippen molar-refractivity contribution in [2.45, 2.75) is 12.5 Å². The van der Waals surface area contributed by atoms with E-state index in [1.54, 1.807) is 11.1 Å². The number of nitrogens with zero attached hydrogens (tertiary/aromatic N) is 3. The molecule has 0 fully saturated rings. The summed E-state index contributed by atoms with van der Waals surface area (Å²) in [6.45, 7) is 0. The van der Waals surface area contributed by atoms with Crippen molar-refractivity contribution in [3.05, 3.63) is 106 Å². The Labute approximate surface area is 191 Å². The lowest BCUT2D eigenvalue weighted by Crippen LogP contribution is -2.25. The van der Waals surface area contributed by atoms with Gasteiger partial charge >= 0.3 is 0 Å². The van der Waals surface area contributed by atoms with Gasteiger partial charge in [0.15, 0.2) is 0 Å². The molecular weight excluding hydrogens is 450 g/mol. The number of hydrogen-bond donors (Lipinski definition) is 0. The normalized spacial score (nSPS) is 15.9. The van der Waals surface area contributed by atoms with Crippen molar-refractivity contribution in [1.29, 1.82) is 0 Å². The minimum atomic E-state index is -0.144. The van der Waals surface area contributed by atoms with Crippen LogP contribution in [0.25, 0.3) is 6.08 Å². The van der Waals surface area contributed by atoms with Gasteiger partial charge in [0.25, 0.3) is 5.91 Å². The Morgan fingerprint density at radius 2 is 1.77 bits per heavy atom. The summed E-state index contributed by atoms with van der Waals surface area (Å²) >= 11 is 3.55. The molecule has 1 aliphatic heterocycles. The first-order valence-electron chi connectivity index (χ1n) is 10.2. The quantitative estimate of drug-likeness (QED) is 0.432. The zero-order valence-electron chi connectivity index (χ0n) is 17.6. The summed E-state index contributed by atoms with van der Waals surface area (Å²) < 4.78 is 0.987. The molecule has 3 aromatic carbocycles. The van der Waals surface area contributed by atoms with Crippen LogP contribution in [-0.4, -0.2) is 30.7 Å². The highest BCUT2D eigenvalue weighted by Crippen LogP contribution is 2.34. The fourth-order valence-corrected chi connectivity index (χ4v) is 4.04. The second-order valence-electron chi connectivity index (χ2n) is 7.69. The summed E-state index contributed by atoms with van der Waals surface area (Å²) in [6, 6.07) is 26.0. The zero-order chi connectivity index (χ0) is 21.8.